The third-order valence-electron chi connectivity index (χ3n) is 3.39. The molecule has 1 saturated heterocycles. The van der Waals surface area contributed by atoms with Gasteiger partial charge in [-0.1, -0.05) is 6.92 Å². The maximum Gasteiger partial charge on any atom is 0.216 e. The molecule has 19 heavy (non-hydrogen) atoms. The molecule has 0 saturated carbocycles. The molecule has 1 aliphatic rings. The largest absolute Gasteiger partial charge is 0.381 e. The predicted molar refractivity (Wildman–Crippen MR) is 76.5 cm³/mol. The molecule has 0 amide bonds. The van der Waals surface area contributed by atoms with Crippen molar-refractivity contribution in [2.45, 2.75) is 13.8 Å². The summed E-state index contributed by atoms with van der Waals surface area (Å²) in [5.74, 6) is 0.543. The van der Waals surface area contributed by atoms with Crippen LogP contribution in [0.2, 0.25) is 0 Å². The van der Waals surface area contributed by atoms with E-state index in [0.717, 1.165) is 19.6 Å². The Hall–Kier alpha value is -0.210. The molecule has 0 aromatic carbocycles. The first-order chi connectivity index (χ1) is 8.99. The van der Waals surface area contributed by atoms with E-state index < -0.39 is 10.0 Å². The van der Waals surface area contributed by atoms with Crippen LogP contribution in [0, 0.1) is 5.92 Å². The average Bonchev–Trinajstić information content (AvgIpc) is 2.39. The summed E-state index contributed by atoms with van der Waals surface area (Å²) in [6, 6.07) is 0. The smallest absolute Gasteiger partial charge is 0.216 e. The molecular formula is C12H27N3O3S. The topological polar surface area (TPSA) is 75.9 Å². The van der Waals surface area contributed by atoms with E-state index in [0.29, 0.717) is 32.2 Å². The van der Waals surface area contributed by atoms with Crippen LogP contribution in [0.15, 0.2) is 0 Å². The molecule has 0 aliphatic carbocycles. The van der Waals surface area contributed by atoms with Crippen LogP contribution in [0.25, 0.3) is 0 Å². The molecule has 114 valence electrons. The molecule has 2 N–H and O–H groups in total. The van der Waals surface area contributed by atoms with Crippen LogP contribution in [0.5, 0.6) is 0 Å². The average molecular weight is 293 g/mol. The third-order valence-corrected chi connectivity index (χ3v) is 5.22. The van der Waals surface area contributed by atoms with Gasteiger partial charge in [0, 0.05) is 39.3 Å². The van der Waals surface area contributed by atoms with E-state index in [-0.39, 0.29) is 12.4 Å². The van der Waals surface area contributed by atoms with Gasteiger partial charge in [0.1, 0.15) is 0 Å². The van der Waals surface area contributed by atoms with Crippen molar-refractivity contribution in [3.05, 3.63) is 0 Å². The van der Waals surface area contributed by atoms with Gasteiger partial charge in [0.25, 0.3) is 0 Å². The van der Waals surface area contributed by atoms with Gasteiger partial charge in [0.15, 0.2) is 0 Å². The summed E-state index contributed by atoms with van der Waals surface area (Å²) in [7, 11) is -3.16. The number of nitrogens with zero attached hydrogens (tertiary/aromatic N) is 2. The first-order valence-electron chi connectivity index (χ1n) is 6.97. The number of ether oxygens (including phenoxy) is 1. The zero-order valence-corrected chi connectivity index (χ0v) is 12.9. The molecule has 1 atom stereocenters. The standard InChI is InChI=1S/C12H27N3O3S/c1-3-18-8-9-19(16,17)15-6-4-14(5-7-15)11-12(2)10-13/h12H,3-11,13H2,1-2H3. The van der Waals surface area contributed by atoms with Gasteiger partial charge in [-0.15, -0.1) is 0 Å². The Bertz CT molecular complexity index is 340. The van der Waals surface area contributed by atoms with E-state index in [4.69, 9.17) is 10.5 Å². The molecule has 0 aromatic heterocycles. The minimum atomic E-state index is -3.16. The van der Waals surface area contributed by atoms with Gasteiger partial charge in [0.05, 0.1) is 12.4 Å². The van der Waals surface area contributed by atoms with Crippen LogP contribution in [0.4, 0.5) is 0 Å². The van der Waals surface area contributed by atoms with Crippen molar-refractivity contribution in [1.29, 1.82) is 0 Å². The van der Waals surface area contributed by atoms with Crippen molar-refractivity contribution in [3.63, 3.8) is 0 Å². The fraction of sp³-hybridized carbons (Fsp3) is 1.00. The molecule has 1 rings (SSSR count). The lowest BCUT2D eigenvalue weighted by Gasteiger charge is -2.35. The van der Waals surface area contributed by atoms with E-state index in [1.54, 1.807) is 4.31 Å². The van der Waals surface area contributed by atoms with E-state index in [9.17, 15) is 8.42 Å². The summed E-state index contributed by atoms with van der Waals surface area (Å²) < 4.78 is 30.8. The fourth-order valence-electron chi connectivity index (χ4n) is 2.14. The number of hydrogen-bond donors (Lipinski definition) is 1. The summed E-state index contributed by atoms with van der Waals surface area (Å²) >= 11 is 0. The highest BCUT2D eigenvalue weighted by atomic mass is 32.2. The SMILES string of the molecule is CCOCCS(=O)(=O)N1CCN(CC(C)CN)CC1. The Morgan fingerprint density at radius 1 is 1.26 bits per heavy atom. The summed E-state index contributed by atoms with van der Waals surface area (Å²) in [5, 5.41) is 0. The molecule has 0 spiro atoms. The zero-order chi connectivity index (χ0) is 14.3. The van der Waals surface area contributed by atoms with Crippen molar-refractivity contribution >= 4 is 10.0 Å². The van der Waals surface area contributed by atoms with E-state index in [1.165, 1.54) is 0 Å². The summed E-state index contributed by atoms with van der Waals surface area (Å²) in [4.78, 5) is 2.28. The van der Waals surface area contributed by atoms with Crippen LogP contribution >= 0.6 is 0 Å². The predicted octanol–water partition coefficient (Wildman–Crippen LogP) is -0.435. The maximum absolute atomic E-state index is 12.1. The first-order valence-corrected chi connectivity index (χ1v) is 8.58. The molecule has 6 nitrogen and oxygen atoms in total. The molecule has 1 aliphatic heterocycles. The van der Waals surface area contributed by atoms with E-state index >= 15 is 0 Å². The number of nitrogens with two attached hydrogens (primary N) is 1. The summed E-state index contributed by atoms with van der Waals surface area (Å²) in [6.45, 7) is 9.17. The number of piperazine rings is 1. The molecule has 7 heteroatoms. The molecule has 1 heterocycles. The van der Waals surface area contributed by atoms with Gasteiger partial charge in [0.2, 0.25) is 10.0 Å². The molecule has 0 bridgehead atoms. The normalized spacial score (nSPS) is 20.6. The first kappa shape index (κ1) is 16.8. The maximum atomic E-state index is 12.1. The highest BCUT2D eigenvalue weighted by molar-refractivity contribution is 7.89. The van der Waals surface area contributed by atoms with Crippen LogP contribution in [-0.2, 0) is 14.8 Å². The lowest BCUT2D eigenvalue weighted by molar-refractivity contribution is 0.156. The van der Waals surface area contributed by atoms with Crippen LogP contribution in [0.3, 0.4) is 0 Å². The molecule has 0 aromatic rings. The van der Waals surface area contributed by atoms with Crippen molar-refractivity contribution in [3.8, 4) is 0 Å². The van der Waals surface area contributed by atoms with Gasteiger partial charge in [-0.2, -0.15) is 4.31 Å². The summed E-state index contributed by atoms with van der Waals surface area (Å²) in [5.41, 5.74) is 5.61. The molecule has 0 radical (unpaired) electrons. The Labute approximate surface area is 116 Å². The number of hydrogen-bond acceptors (Lipinski definition) is 5. The number of sulfonamides is 1. The van der Waals surface area contributed by atoms with E-state index in [1.807, 2.05) is 6.92 Å². The second kappa shape index (κ2) is 8.16. The monoisotopic (exact) mass is 293 g/mol. The minimum Gasteiger partial charge on any atom is -0.381 e. The van der Waals surface area contributed by atoms with Crippen LogP contribution in [0.1, 0.15) is 13.8 Å². The highest BCUT2D eigenvalue weighted by Gasteiger charge is 2.26. The lowest BCUT2D eigenvalue weighted by Crippen LogP contribution is -2.50. The van der Waals surface area contributed by atoms with Gasteiger partial charge in [-0.25, -0.2) is 8.42 Å². The molecule has 1 unspecified atom stereocenters. The molecular weight excluding hydrogens is 266 g/mol. The van der Waals surface area contributed by atoms with Crippen LogP contribution < -0.4 is 5.73 Å². The Kier molecular flexibility index (Phi) is 7.23. The quantitative estimate of drug-likeness (QED) is 0.614. The minimum absolute atomic E-state index is 0.0834. The number of rotatable bonds is 8. The van der Waals surface area contributed by atoms with Crippen molar-refractivity contribution in [2.75, 3.05) is 58.2 Å². The van der Waals surface area contributed by atoms with Crippen molar-refractivity contribution in [1.82, 2.24) is 9.21 Å². The van der Waals surface area contributed by atoms with Gasteiger partial charge >= 0.3 is 0 Å². The Morgan fingerprint density at radius 2 is 1.89 bits per heavy atom. The van der Waals surface area contributed by atoms with E-state index in [2.05, 4.69) is 11.8 Å². The van der Waals surface area contributed by atoms with Crippen molar-refractivity contribution in [2.24, 2.45) is 11.7 Å². The molecule has 1 fully saturated rings. The summed E-state index contributed by atoms with van der Waals surface area (Å²) in [6.07, 6.45) is 0. The van der Waals surface area contributed by atoms with Crippen LogP contribution in [-0.4, -0.2) is 75.9 Å². The van der Waals surface area contributed by atoms with Gasteiger partial charge in [-0.05, 0) is 19.4 Å². The van der Waals surface area contributed by atoms with Crippen molar-refractivity contribution < 1.29 is 13.2 Å². The Morgan fingerprint density at radius 3 is 2.42 bits per heavy atom. The highest BCUT2D eigenvalue weighted by Crippen LogP contribution is 2.09. The second-order valence-electron chi connectivity index (χ2n) is 5.05. The lowest BCUT2D eigenvalue weighted by atomic mass is 10.1. The fourth-order valence-corrected chi connectivity index (χ4v) is 3.45. The second-order valence-corrected chi connectivity index (χ2v) is 7.14. The third kappa shape index (κ3) is 5.74. The van der Waals surface area contributed by atoms with Gasteiger partial charge < -0.3 is 15.4 Å². The zero-order valence-electron chi connectivity index (χ0n) is 12.0. The van der Waals surface area contributed by atoms with Gasteiger partial charge in [-0.3, -0.25) is 0 Å². The Balaban J connectivity index is 2.36.